The number of benzene rings is 1. The summed E-state index contributed by atoms with van der Waals surface area (Å²) in [5.74, 6) is -6.53. The highest BCUT2D eigenvalue weighted by Gasteiger charge is 2.47. The molecule has 11 nitrogen and oxygen atoms in total. The molecule has 5 rings (SSSR count). The van der Waals surface area contributed by atoms with E-state index in [0.717, 1.165) is 63.1 Å². The fourth-order valence-corrected chi connectivity index (χ4v) is 8.00. The highest BCUT2D eigenvalue weighted by molar-refractivity contribution is 6.38. The van der Waals surface area contributed by atoms with Gasteiger partial charge in [-0.05, 0) is 61.5 Å². The molecular formula is C42H54F2N4O7. The number of carbonyl (C=O) groups is 6. The number of likely N-dealkylation sites (tertiary alicyclic amines) is 1. The van der Waals surface area contributed by atoms with Crippen molar-refractivity contribution in [3.63, 3.8) is 0 Å². The molecule has 3 fully saturated rings. The van der Waals surface area contributed by atoms with E-state index in [1.165, 1.54) is 23.5 Å². The zero-order valence-electron chi connectivity index (χ0n) is 32.4. The molecule has 2 aliphatic carbocycles. The summed E-state index contributed by atoms with van der Waals surface area (Å²) in [6.07, 6.45) is 9.78. The Morgan fingerprint density at radius 1 is 0.982 bits per heavy atom. The predicted octanol–water partition coefficient (Wildman–Crippen LogP) is 6.42. The lowest BCUT2D eigenvalue weighted by Crippen LogP contribution is -2.51. The zero-order chi connectivity index (χ0) is 39.9. The SMILES string of the molecule is CCC[C@H](CC(=O)C1C[C@@H](Oc2cc(F)ccc2F)CN1C(=O)[C@@H](CC(=O)[C@@H](NC(=O)c1cnccn1)C1CCCCC1)C(C)(C)C)C(=O)C(=O)CC1CC1. The summed E-state index contributed by atoms with van der Waals surface area (Å²) >= 11 is 0. The molecule has 1 aromatic carbocycles. The molecule has 298 valence electrons. The van der Waals surface area contributed by atoms with Crippen molar-refractivity contribution in [2.45, 2.75) is 129 Å². The number of Topliss-reactive ketones (excluding diaryl/α,β-unsaturated/α-hetero) is 4. The third kappa shape index (κ3) is 11.1. The molecule has 0 spiro atoms. The molecule has 1 saturated heterocycles. The molecule has 1 aliphatic heterocycles. The number of amides is 2. The van der Waals surface area contributed by atoms with Crippen LogP contribution >= 0.6 is 0 Å². The van der Waals surface area contributed by atoms with Crippen molar-refractivity contribution in [3.05, 3.63) is 54.1 Å². The Morgan fingerprint density at radius 3 is 2.35 bits per heavy atom. The van der Waals surface area contributed by atoms with Gasteiger partial charge in [0.05, 0.1) is 24.8 Å². The molecule has 1 aromatic heterocycles. The molecule has 55 heavy (non-hydrogen) atoms. The molecule has 5 atom stereocenters. The van der Waals surface area contributed by atoms with Gasteiger partial charge in [-0.15, -0.1) is 0 Å². The molecule has 2 saturated carbocycles. The maximum atomic E-state index is 14.8. The van der Waals surface area contributed by atoms with Gasteiger partial charge in [-0.1, -0.05) is 53.4 Å². The van der Waals surface area contributed by atoms with Crippen molar-refractivity contribution < 1.29 is 42.3 Å². The standard InChI is InChI=1S/C42H54F2N4O7/c1-5-9-27(39(52)36(51)18-25-12-13-25)19-34(49)33-21-29(55-37-20-28(43)14-15-31(37)44)24-48(33)41(54)30(42(2,3)4)22-35(50)38(26-10-7-6-8-11-26)47-40(53)32-23-45-16-17-46-32/h14-17,20,23,25-27,29-30,33,38H,5-13,18-19,21-22,24H2,1-4H3,(H,47,53)/t27-,29-,30-,33?,38+/m1/s1. The number of nitrogens with one attached hydrogen (secondary N) is 1. The lowest BCUT2D eigenvalue weighted by Gasteiger charge is -2.36. The van der Waals surface area contributed by atoms with Crippen molar-refractivity contribution >= 4 is 34.9 Å². The third-order valence-corrected chi connectivity index (χ3v) is 11.3. The molecule has 0 radical (unpaired) electrons. The largest absolute Gasteiger partial charge is 0.485 e. The Hall–Kier alpha value is -4.42. The van der Waals surface area contributed by atoms with Gasteiger partial charge in [-0.25, -0.2) is 13.8 Å². The van der Waals surface area contributed by atoms with Gasteiger partial charge in [-0.3, -0.25) is 33.8 Å². The molecule has 1 unspecified atom stereocenters. The van der Waals surface area contributed by atoms with E-state index >= 15 is 0 Å². The van der Waals surface area contributed by atoms with Crippen LogP contribution in [0.2, 0.25) is 0 Å². The number of nitrogens with zero attached hydrogens (tertiary/aromatic N) is 3. The van der Waals surface area contributed by atoms with E-state index in [9.17, 15) is 37.5 Å². The molecule has 3 aliphatic rings. The number of carbonyl (C=O) groups excluding carboxylic acids is 6. The van der Waals surface area contributed by atoms with Crippen molar-refractivity contribution in [1.29, 1.82) is 0 Å². The smallest absolute Gasteiger partial charge is 0.272 e. The van der Waals surface area contributed by atoms with Gasteiger partial charge in [0.15, 0.2) is 28.9 Å². The summed E-state index contributed by atoms with van der Waals surface area (Å²) in [5, 5.41) is 2.89. The lowest BCUT2D eigenvalue weighted by atomic mass is 9.74. The van der Waals surface area contributed by atoms with Gasteiger partial charge in [0.25, 0.3) is 5.91 Å². The monoisotopic (exact) mass is 764 g/mol. The van der Waals surface area contributed by atoms with Crippen LogP contribution < -0.4 is 10.1 Å². The Balaban J connectivity index is 1.41. The lowest BCUT2D eigenvalue weighted by molar-refractivity contribution is -0.147. The molecule has 2 heterocycles. The summed E-state index contributed by atoms with van der Waals surface area (Å²) in [4.78, 5) is 92.2. The number of ether oxygens (including phenoxy) is 1. The predicted molar refractivity (Wildman–Crippen MR) is 199 cm³/mol. The first-order chi connectivity index (χ1) is 26.2. The second-order valence-electron chi connectivity index (χ2n) is 16.7. The molecular weight excluding hydrogens is 710 g/mol. The summed E-state index contributed by atoms with van der Waals surface area (Å²) in [7, 11) is 0. The Morgan fingerprint density at radius 2 is 1.71 bits per heavy atom. The van der Waals surface area contributed by atoms with Crippen LogP contribution in [0, 0.1) is 40.7 Å². The van der Waals surface area contributed by atoms with Crippen LogP contribution in [0.1, 0.15) is 122 Å². The maximum Gasteiger partial charge on any atom is 0.272 e. The number of aromatic nitrogens is 2. The van der Waals surface area contributed by atoms with Crippen molar-refractivity contribution in [2.24, 2.45) is 29.1 Å². The number of halogens is 2. The topological polar surface area (TPSA) is 153 Å². The van der Waals surface area contributed by atoms with E-state index in [0.29, 0.717) is 12.8 Å². The maximum absolute atomic E-state index is 14.8. The van der Waals surface area contributed by atoms with Gasteiger partial charge in [0.2, 0.25) is 11.7 Å². The molecule has 2 aromatic rings. The minimum atomic E-state index is -1.11. The fourth-order valence-electron chi connectivity index (χ4n) is 8.00. The van der Waals surface area contributed by atoms with Gasteiger partial charge in [0.1, 0.15) is 17.6 Å². The quantitative estimate of drug-likeness (QED) is 0.170. The third-order valence-electron chi connectivity index (χ3n) is 11.3. The highest BCUT2D eigenvalue weighted by atomic mass is 19.1. The first-order valence-electron chi connectivity index (χ1n) is 19.8. The molecule has 13 heteroatoms. The van der Waals surface area contributed by atoms with Crippen molar-refractivity contribution in [2.75, 3.05) is 6.54 Å². The average Bonchev–Trinajstić information content (AvgIpc) is 3.88. The van der Waals surface area contributed by atoms with Crippen LogP contribution in [0.15, 0.2) is 36.8 Å². The van der Waals surface area contributed by atoms with Crippen LogP contribution in [-0.2, 0) is 24.0 Å². The van der Waals surface area contributed by atoms with E-state index in [2.05, 4.69) is 15.3 Å². The minimum Gasteiger partial charge on any atom is -0.485 e. The van der Waals surface area contributed by atoms with Crippen LogP contribution in [-0.4, -0.2) is 74.5 Å². The van der Waals surface area contributed by atoms with Crippen molar-refractivity contribution in [3.8, 4) is 5.75 Å². The summed E-state index contributed by atoms with van der Waals surface area (Å²) in [6, 6.07) is 0.790. The number of rotatable bonds is 18. The summed E-state index contributed by atoms with van der Waals surface area (Å²) in [5.41, 5.74) is -0.733. The summed E-state index contributed by atoms with van der Waals surface area (Å²) in [6.45, 7) is 7.16. The van der Waals surface area contributed by atoms with E-state index < -0.39 is 76.2 Å². The van der Waals surface area contributed by atoms with E-state index in [1.54, 1.807) is 0 Å². The average molecular weight is 765 g/mol. The van der Waals surface area contributed by atoms with Crippen LogP contribution in [0.25, 0.3) is 0 Å². The second-order valence-corrected chi connectivity index (χ2v) is 16.7. The van der Waals surface area contributed by atoms with Gasteiger partial charge >= 0.3 is 0 Å². The Kier molecular flexibility index (Phi) is 14.0. The highest BCUT2D eigenvalue weighted by Crippen LogP contribution is 2.37. The van der Waals surface area contributed by atoms with E-state index in [1.807, 2.05) is 27.7 Å². The first kappa shape index (κ1) is 41.7. The second kappa shape index (κ2) is 18.5. The van der Waals surface area contributed by atoms with Gasteiger partial charge < -0.3 is 15.0 Å². The first-order valence-corrected chi connectivity index (χ1v) is 19.8. The number of hydrogen-bond acceptors (Lipinski definition) is 9. The van der Waals surface area contributed by atoms with Crippen LogP contribution in [0.5, 0.6) is 5.75 Å². The minimum absolute atomic E-state index is 0.0622. The Bertz CT molecular complexity index is 1720. The van der Waals surface area contributed by atoms with E-state index in [-0.39, 0.29) is 61.3 Å². The molecule has 1 N–H and O–H groups in total. The zero-order valence-corrected chi connectivity index (χ0v) is 32.4. The summed E-state index contributed by atoms with van der Waals surface area (Å²) < 4.78 is 34.7. The van der Waals surface area contributed by atoms with Crippen LogP contribution in [0.3, 0.4) is 0 Å². The van der Waals surface area contributed by atoms with Gasteiger partial charge in [-0.2, -0.15) is 0 Å². The molecule has 0 bridgehead atoms. The van der Waals surface area contributed by atoms with Gasteiger partial charge in [0, 0.05) is 56.0 Å². The number of hydrogen-bond donors (Lipinski definition) is 1. The van der Waals surface area contributed by atoms with Crippen LogP contribution in [0.4, 0.5) is 8.78 Å². The van der Waals surface area contributed by atoms with Crippen molar-refractivity contribution in [1.82, 2.24) is 20.2 Å². The van der Waals surface area contributed by atoms with E-state index in [4.69, 9.17) is 4.74 Å². The fraction of sp³-hybridized carbons (Fsp3) is 0.619. The Labute approximate surface area is 321 Å². The normalized spacial score (nSPS) is 20.7. The number of ketones is 4. The molecule has 2 amide bonds.